The first-order valence-corrected chi connectivity index (χ1v) is 14.6. The zero-order valence-electron chi connectivity index (χ0n) is 23.3. The van der Waals surface area contributed by atoms with E-state index in [1.807, 2.05) is 61.1 Å². The molecule has 6 nitrogen and oxygen atoms in total. The summed E-state index contributed by atoms with van der Waals surface area (Å²) in [5.74, 6) is 1.49. The van der Waals surface area contributed by atoms with Gasteiger partial charge in [-0.1, -0.05) is 42.5 Å². The van der Waals surface area contributed by atoms with Crippen molar-refractivity contribution in [1.29, 1.82) is 0 Å². The van der Waals surface area contributed by atoms with Crippen molar-refractivity contribution in [3.05, 3.63) is 134 Å². The number of para-hydroxylation sites is 2. The summed E-state index contributed by atoms with van der Waals surface area (Å²) in [4.78, 5) is 9.49. The first-order valence-electron chi connectivity index (χ1n) is 14.6. The van der Waals surface area contributed by atoms with E-state index in [1.54, 1.807) is 0 Å². The number of pyridine rings is 2. The number of aromatic nitrogens is 4. The lowest BCUT2D eigenvalue weighted by atomic mass is 10.1. The van der Waals surface area contributed by atoms with E-state index < -0.39 is 0 Å². The molecule has 0 N–H and O–H groups in total. The molecule has 5 aromatic heterocycles. The van der Waals surface area contributed by atoms with Crippen LogP contribution >= 0.6 is 0 Å². The van der Waals surface area contributed by atoms with Crippen LogP contribution < -0.4 is 4.74 Å². The number of hydrogen-bond donors (Lipinski definition) is 0. The molecule has 5 aromatic carbocycles. The van der Waals surface area contributed by atoms with Crippen molar-refractivity contribution in [2.45, 2.75) is 0 Å². The van der Waals surface area contributed by atoms with Crippen LogP contribution in [0.5, 0.6) is 11.5 Å². The van der Waals surface area contributed by atoms with Crippen LogP contribution in [0.2, 0.25) is 0 Å². The minimum atomic E-state index is 0.739. The number of imidazole rings is 1. The minimum Gasteiger partial charge on any atom is -0.457 e. The summed E-state index contributed by atoms with van der Waals surface area (Å²) in [7, 11) is 0. The monoisotopic (exact) mass is 566 g/mol. The van der Waals surface area contributed by atoms with E-state index in [2.05, 4.69) is 86.7 Å². The fourth-order valence-electron chi connectivity index (χ4n) is 6.76. The molecule has 206 valence electrons. The summed E-state index contributed by atoms with van der Waals surface area (Å²) in [6.45, 7) is 0. The second-order valence-electron chi connectivity index (χ2n) is 11.1. The highest BCUT2D eigenvalue weighted by Gasteiger charge is 2.18. The van der Waals surface area contributed by atoms with Crippen LogP contribution in [0.3, 0.4) is 0 Å². The molecule has 0 atom stereocenters. The molecule has 44 heavy (non-hydrogen) atoms. The number of rotatable bonds is 3. The number of ether oxygens (including phenoxy) is 1. The van der Waals surface area contributed by atoms with Gasteiger partial charge in [0.15, 0.2) is 0 Å². The zero-order valence-corrected chi connectivity index (χ0v) is 23.3. The molecule has 6 heteroatoms. The lowest BCUT2D eigenvalue weighted by Crippen LogP contribution is -1.96. The van der Waals surface area contributed by atoms with Crippen molar-refractivity contribution in [2.24, 2.45) is 0 Å². The SMILES string of the molecule is c1cc(Oc2ccc3c4ccccc4n4ccnc4c3c2)cc(-n2c3cc4c(cc3c3cccnc32)oc2ccccc24)c1. The zero-order chi connectivity index (χ0) is 28.8. The molecule has 10 rings (SSSR count). The van der Waals surface area contributed by atoms with E-state index in [-0.39, 0.29) is 0 Å². The average Bonchev–Trinajstić information content (AvgIpc) is 3.78. The summed E-state index contributed by atoms with van der Waals surface area (Å²) in [5.41, 5.74) is 6.72. The molecule has 0 fully saturated rings. The Kier molecular flexibility index (Phi) is 4.63. The Morgan fingerprint density at radius 1 is 0.500 bits per heavy atom. The number of benzene rings is 5. The first-order chi connectivity index (χ1) is 21.8. The van der Waals surface area contributed by atoms with Gasteiger partial charge in [0, 0.05) is 57.0 Å². The fraction of sp³-hybridized carbons (Fsp3) is 0. The predicted octanol–water partition coefficient (Wildman–Crippen LogP) is 9.82. The van der Waals surface area contributed by atoms with Crippen LogP contribution in [0.4, 0.5) is 0 Å². The maximum absolute atomic E-state index is 6.52. The normalized spacial score (nSPS) is 12.1. The van der Waals surface area contributed by atoms with Gasteiger partial charge in [0.1, 0.15) is 34.0 Å². The van der Waals surface area contributed by atoms with Crippen molar-refractivity contribution in [2.75, 3.05) is 0 Å². The van der Waals surface area contributed by atoms with E-state index in [4.69, 9.17) is 14.1 Å². The summed E-state index contributed by atoms with van der Waals surface area (Å²) in [6.07, 6.45) is 5.69. The van der Waals surface area contributed by atoms with Gasteiger partial charge in [-0.25, -0.2) is 9.97 Å². The number of nitrogens with zero attached hydrogens (tertiary/aromatic N) is 4. The van der Waals surface area contributed by atoms with Gasteiger partial charge in [0.05, 0.1) is 16.7 Å². The molecule has 0 radical (unpaired) electrons. The number of hydrogen-bond acceptors (Lipinski definition) is 4. The fourth-order valence-corrected chi connectivity index (χ4v) is 6.76. The molecule has 0 amide bonds. The van der Waals surface area contributed by atoms with Gasteiger partial charge >= 0.3 is 0 Å². The summed E-state index contributed by atoms with van der Waals surface area (Å²) in [5, 5.41) is 7.72. The van der Waals surface area contributed by atoms with E-state index in [0.29, 0.717) is 0 Å². The number of furan rings is 1. The van der Waals surface area contributed by atoms with Crippen molar-refractivity contribution in [1.82, 2.24) is 18.9 Å². The Morgan fingerprint density at radius 2 is 1.34 bits per heavy atom. The maximum Gasteiger partial charge on any atom is 0.145 e. The highest BCUT2D eigenvalue weighted by atomic mass is 16.5. The van der Waals surface area contributed by atoms with Crippen molar-refractivity contribution >= 4 is 71.2 Å². The molecule has 5 heterocycles. The first kappa shape index (κ1) is 23.4. The molecule has 0 aliphatic carbocycles. The summed E-state index contributed by atoms with van der Waals surface area (Å²) >= 11 is 0. The lowest BCUT2D eigenvalue weighted by Gasteiger charge is -2.12. The van der Waals surface area contributed by atoms with E-state index in [9.17, 15) is 0 Å². The van der Waals surface area contributed by atoms with Crippen molar-refractivity contribution in [3.63, 3.8) is 0 Å². The van der Waals surface area contributed by atoms with Gasteiger partial charge in [-0.2, -0.15) is 0 Å². The van der Waals surface area contributed by atoms with Crippen molar-refractivity contribution in [3.8, 4) is 17.2 Å². The topological polar surface area (TPSA) is 57.5 Å². The molecule has 10 aromatic rings. The molecule has 0 aliphatic rings. The maximum atomic E-state index is 6.52. The van der Waals surface area contributed by atoms with Crippen LogP contribution in [0.15, 0.2) is 138 Å². The molecule has 0 saturated heterocycles. The molecule has 0 spiro atoms. The Bertz CT molecular complexity index is 2770. The van der Waals surface area contributed by atoms with Gasteiger partial charge in [-0.15, -0.1) is 0 Å². The van der Waals surface area contributed by atoms with E-state index in [0.717, 1.165) is 83.0 Å². The Morgan fingerprint density at radius 3 is 2.32 bits per heavy atom. The largest absolute Gasteiger partial charge is 0.457 e. The molecular formula is C38H22N4O2. The van der Waals surface area contributed by atoms with Gasteiger partial charge < -0.3 is 9.15 Å². The highest BCUT2D eigenvalue weighted by Crippen LogP contribution is 2.39. The van der Waals surface area contributed by atoms with E-state index in [1.165, 1.54) is 5.39 Å². The Balaban J connectivity index is 1.14. The van der Waals surface area contributed by atoms with Crippen molar-refractivity contribution < 1.29 is 9.15 Å². The standard InChI is InChI=1S/C38H22N4O2/c1-3-12-33-27(9-1)26-15-14-25(20-32(26)37-40-17-18-41(33)37)43-24-8-5-7-23(19-24)42-34-21-31-28-10-2-4-13-35(28)44-36(31)22-30(34)29-11-6-16-39-38(29)42/h1-22H. The Labute approximate surface area is 250 Å². The van der Waals surface area contributed by atoms with E-state index >= 15 is 0 Å². The highest BCUT2D eigenvalue weighted by molar-refractivity contribution is 6.16. The third kappa shape index (κ3) is 3.25. The van der Waals surface area contributed by atoms with Gasteiger partial charge in [0.25, 0.3) is 0 Å². The molecule has 0 unspecified atom stereocenters. The molecule has 0 aliphatic heterocycles. The lowest BCUT2D eigenvalue weighted by molar-refractivity contribution is 0.483. The van der Waals surface area contributed by atoms with Crippen LogP contribution in [-0.2, 0) is 0 Å². The summed E-state index contributed by atoms with van der Waals surface area (Å²) in [6, 6.07) is 39.5. The second kappa shape index (κ2) is 8.69. The number of fused-ring (bicyclic) bond motifs is 12. The molecular weight excluding hydrogens is 544 g/mol. The second-order valence-corrected chi connectivity index (χ2v) is 11.1. The predicted molar refractivity (Wildman–Crippen MR) is 176 cm³/mol. The third-order valence-electron chi connectivity index (χ3n) is 8.66. The van der Waals surface area contributed by atoms with Crippen LogP contribution in [0.25, 0.3) is 76.9 Å². The van der Waals surface area contributed by atoms with Gasteiger partial charge in [-0.3, -0.25) is 8.97 Å². The Hall–Kier alpha value is -6.14. The average molecular weight is 567 g/mol. The van der Waals surface area contributed by atoms with Gasteiger partial charge in [-0.05, 0) is 72.1 Å². The van der Waals surface area contributed by atoms with Gasteiger partial charge in [0.2, 0.25) is 0 Å². The third-order valence-corrected chi connectivity index (χ3v) is 8.66. The van der Waals surface area contributed by atoms with Crippen LogP contribution in [-0.4, -0.2) is 18.9 Å². The van der Waals surface area contributed by atoms with Crippen LogP contribution in [0.1, 0.15) is 0 Å². The van der Waals surface area contributed by atoms with Crippen LogP contribution in [0, 0.1) is 0 Å². The quantitative estimate of drug-likeness (QED) is 0.200. The minimum absolute atomic E-state index is 0.739. The molecule has 0 saturated carbocycles. The smallest absolute Gasteiger partial charge is 0.145 e. The molecule has 0 bridgehead atoms. The summed E-state index contributed by atoms with van der Waals surface area (Å²) < 4.78 is 17.1.